The van der Waals surface area contributed by atoms with Crippen LogP contribution in [0.15, 0.2) is 24.7 Å². The van der Waals surface area contributed by atoms with Crippen LogP contribution in [0.5, 0.6) is 0 Å². The van der Waals surface area contributed by atoms with Gasteiger partial charge in [0.15, 0.2) is 0 Å². The van der Waals surface area contributed by atoms with Crippen molar-refractivity contribution in [1.82, 2.24) is 24.6 Å². The molecule has 0 radical (unpaired) electrons. The van der Waals surface area contributed by atoms with Crippen molar-refractivity contribution in [1.29, 1.82) is 0 Å². The van der Waals surface area contributed by atoms with Gasteiger partial charge in [-0.05, 0) is 25.0 Å². The minimum atomic E-state index is 0.426. The van der Waals surface area contributed by atoms with Gasteiger partial charge in [-0.25, -0.2) is 9.97 Å². The molecular formula is C19H24N6S. The maximum absolute atomic E-state index is 4.65. The van der Waals surface area contributed by atoms with Gasteiger partial charge in [0.1, 0.15) is 17.0 Å². The van der Waals surface area contributed by atoms with Crippen LogP contribution in [-0.4, -0.2) is 50.8 Å². The molecule has 0 atom stereocenters. The summed E-state index contributed by atoms with van der Waals surface area (Å²) >= 11 is 1.80. The molecule has 0 aromatic carbocycles. The molecule has 0 unspecified atom stereocenters. The van der Waals surface area contributed by atoms with E-state index in [9.17, 15) is 0 Å². The molecule has 0 amide bonds. The Morgan fingerprint density at radius 2 is 2.12 bits per heavy atom. The molecule has 7 heteroatoms. The first-order valence-corrected chi connectivity index (χ1v) is 10.1. The van der Waals surface area contributed by atoms with Gasteiger partial charge in [0, 0.05) is 56.3 Å². The van der Waals surface area contributed by atoms with E-state index < -0.39 is 0 Å². The summed E-state index contributed by atoms with van der Waals surface area (Å²) in [6, 6.07) is 4.40. The third-order valence-corrected chi connectivity index (χ3v) is 6.91. The van der Waals surface area contributed by atoms with Gasteiger partial charge in [0.25, 0.3) is 0 Å². The number of anilines is 1. The van der Waals surface area contributed by atoms with Crippen molar-refractivity contribution in [3.05, 3.63) is 35.2 Å². The predicted octanol–water partition coefficient (Wildman–Crippen LogP) is 2.70. The molecular weight excluding hydrogens is 344 g/mol. The summed E-state index contributed by atoms with van der Waals surface area (Å²) < 4.78 is 1.88. The number of hydrogen-bond donors (Lipinski definition) is 0. The molecule has 0 saturated carbocycles. The fraction of sp³-hybridized carbons (Fsp3) is 0.526. The number of aryl methyl sites for hydroxylation is 2. The average molecular weight is 369 g/mol. The molecule has 136 valence electrons. The maximum atomic E-state index is 4.65. The molecule has 1 spiro atoms. The van der Waals surface area contributed by atoms with Gasteiger partial charge < -0.3 is 4.90 Å². The van der Waals surface area contributed by atoms with Crippen LogP contribution in [0.1, 0.15) is 23.9 Å². The number of likely N-dealkylation sites (tertiary alicyclic amines) is 1. The number of nitrogens with zero attached hydrogens (tertiary/aromatic N) is 6. The Hall–Kier alpha value is -1.99. The van der Waals surface area contributed by atoms with E-state index in [2.05, 4.69) is 43.9 Å². The fourth-order valence-corrected chi connectivity index (χ4v) is 5.41. The third kappa shape index (κ3) is 2.70. The Labute approximate surface area is 157 Å². The highest BCUT2D eigenvalue weighted by Crippen LogP contribution is 2.42. The molecule has 5 rings (SSSR count). The second-order valence-electron chi connectivity index (χ2n) is 7.78. The van der Waals surface area contributed by atoms with Crippen LogP contribution < -0.4 is 4.90 Å². The zero-order chi connectivity index (χ0) is 17.7. The van der Waals surface area contributed by atoms with Crippen LogP contribution in [0.3, 0.4) is 0 Å². The van der Waals surface area contributed by atoms with Gasteiger partial charge in [-0.2, -0.15) is 5.10 Å². The van der Waals surface area contributed by atoms with E-state index in [1.54, 1.807) is 17.7 Å². The third-order valence-electron chi connectivity index (χ3n) is 5.72. The number of aromatic nitrogens is 4. The molecule has 0 bridgehead atoms. The largest absolute Gasteiger partial charge is 0.355 e. The molecule has 0 aliphatic carbocycles. The highest BCUT2D eigenvalue weighted by atomic mass is 32.1. The molecule has 2 saturated heterocycles. The minimum Gasteiger partial charge on any atom is -0.355 e. The van der Waals surface area contributed by atoms with E-state index in [0.717, 1.165) is 49.8 Å². The summed E-state index contributed by atoms with van der Waals surface area (Å²) in [6.07, 6.45) is 6.07. The quantitative estimate of drug-likeness (QED) is 0.709. The molecule has 0 N–H and O–H groups in total. The first kappa shape index (κ1) is 16.2. The molecule has 26 heavy (non-hydrogen) atoms. The SMILES string of the molecule is CCc1cc2c(N3CCC4(CN(Cc5ccn(C)n5)C4)C3)ncnc2s1. The molecule has 3 aromatic heterocycles. The van der Waals surface area contributed by atoms with Crippen LogP contribution in [-0.2, 0) is 20.0 Å². The van der Waals surface area contributed by atoms with E-state index in [4.69, 9.17) is 0 Å². The molecule has 2 aliphatic rings. The lowest BCUT2D eigenvalue weighted by molar-refractivity contribution is 0.0106. The smallest absolute Gasteiger partial charge is 0.140 e. The Balaban J connectivity index is 1.29. The van der Waals surface area contributed by atoms with Crippen molar-refractivity contribution in [3.8, 4) is 0 Å². The Morgan fingerprint density at radius 1 is 1.23 bits per heavy atom. The maximum Gasteiger partial charge on any atom is 0.140 e. The molecule has 2 aliphatic heterocycles. The van der Waals surface area contributed by atoms with Crippen molar-refractivity contribution in [3.63, 3.8) is 0 Å². The normalized spacial score (nSPS) is 19.5. The van der Waals surface area contributed by atoms with E-state index in [0.29, 0.717) is 5.41 Å². The highest BCUT2D eigenvalue weighted by Gasteiger charge is 2.48. The summed E-state index contributed by atoms with van der Waals surface area (Å²) in [5.41, 5.74) is 1.59. The van der Waals surface area contributed by atoms with Gasteiger partial charge in [-0.15, -0.1) is 11.3 Å². The molecule has 5 heterocycles. The van der Waals surface area contributed by atoms with Crippen molar-refractivity contribution < 1.29 is 0 Å². The number of fused-ring (bicyclic) bond motifs is 1. The Kier molecular flexibility index (Phi) is 3.76. The summed E-state index contributed by atoms with van der Waals surface area (Å²) in [5.74, 6) is 1.13. The minimum absolute atomic E-state index is 0.426. The zero-order valence-corrected chi connectivity index (χ0v) is 16.2. The molecule has 3 aromatic rings. The summed E-state index contributed by atoms with van der Waals surface area (Å²) in [4.78, 5) is 16.6. The molecule has 2 fully saturated rings. The van der Waals surface area contributed by atoms with Crippen molar-refractivity contribution in [2.75, 3.05) is 31.1 Å². The standard InChI is InChI=1S/C19H24N6S/c1-3-15-8-16-17(20-13-21-18(16)26-15)25-7-5-19(12-25)10-24(11-19)9-14-4-6-23(2)22-14/h4,6,8,13H,3,5,7,9-12H2,1-2H3. The highest BCUT2D eigenvalue weighted by molar-refractivity contribution is 7.18. The van der Waals surface area contributed by atoms with Gasteiger partial charge >= 0.3 is 0 Å². The topological polar surface area (TPSA) is 50.1 Å². The van der Waals surface area contributed by atoms with Crippen LogP contribution in [0, 0.1) is 5.41 Å². The lowest BCUT2D eigenvalue weighted by Gasteiger charge is -2.47. The van der Waals surface area contributed by atoms with E-state index in [1.807, 2.05) is 17.9 Å². The van der Waals surface area contributed by atoms with Crippen molar-refractivity contribution >= 4 is 27.4 Å². The van der Waals surface area contributed by atoms with Crippen LogP contribution >= 0.6 is 11.3 Å². The molecule has 6 nitrogen and oxygen atoms in total. The van der Waals surface area contributed by atoms with Crippen LogP contribution in [0.25, 0.3) is 10.2 Å². The van der Waals surface area contributed by atoms with Gasteiger partial charge in [0.05, 0.1) is 11.1 Å². The van der Waals surface area contributed by atoms with Gasteiger partial charge in [-0.1, -0.05) is 6.92 Å². The lowest BCUT2D eigenvalue weighted by Crippen LogP contribution is -2.56. The summed E-state index contributed by atoms with van der Waals surface area (Å²) in [6.45, 7) is 7.70. The number of rotatable bonds is 4. The van der Waals surface area contributed by atoms with E-state index in [1.165, 1.54) is 22.4 Å². The zero-order valence-electron chi connectivity index (χ0n) is 15.4. The van der Waals surface area contributed by atoms with Gasteiger partial charge in [0.2, 0.25) is 0 Å². The van der Waals surface area contributed by atoms with Crippen molar-refractivity contribution in [2.24, 2.45) is 12.5 Å². The first-order valence-electron chi connectivity index (χ1n) is 9.33. The average Bonchev–Trinajstić information content (AvgIpc) is 3.31. The van der Waals surface area contributed by atoms with Gasteiger partial charge in [-0.3, -0.25) is 9.58 Å². The number of hydrogen-bond acceptors (Lipinski definition) is 6. The van der Waals surface area contributed by atoms with E-state index >= 15 is 0 Å². The van der Waals surface area contributed by atoms with Crippen molar-refractivity contribution in [2.45, 2.75) is 26.3 Å². The summed E-state index contributed by atoms with van der Waals surface area (Å²) in [5, 5.41) is 5.74. The number of thiophene rings is 1. The predicted molar refractivity (Wildman–Crippen MR) is 105 cm³/mol. The van der Waals surface area contributed by atoms with Crippen LogP contribution in [0.4, 0.5) is 5.82 Å². The van der Waals surface area contributed by atoms with E-state index in [-0.39, 0.29) is 0 Å². The Morgan fingerprint density at radius 3 is 2.88 bits per heavy atom. The second kappa shape index (κ2) is 6.03. The van der Waals surface area contributed by atoms with Crippen LogP contribution in [0.2, 0.25) is 0 Å². The summed E-state index contributed by atoms with van der Waals surface area (Å²) in [7, 11) is 1.98. The second-order valence-corrected chi connectivity index (χ2v) is 8.90. The Bertz CT molecular complexity index is 939. The lowest BCUT2D eigenvalue weighted by atomic mass is 9.79. The fourth-order valence-electron chi connectivity index (χ4n) is 4.48. The monoisotopic (exact) mass is 368 g/mol. The first-order chi connectivity index (χ1) is 12.6.